The average Bonchev–Trinajstić information content (AvgIpc) is 3.12. The second-order valence-corrected chi connectivity index (χ2v) is 6.56. The first kappa shape index (κ1) is 22.2. The number of carbonyl (C=O) groups excluding carboxylic acids is 1. The van der Waals surface area contributed by atoms with Crippen molar-refractivity contribution in [2.75, 3.05) is 0 Å². The van der Waals surface area contributed by atoms with E-state index in [1.54, 1.807) is 6.92 Å². The van der Waals surface area contributed by atoms with Crippen LogP contribution in [0.5, 0.6) is 0 Å². The lowest BCUT2D eigenvalue weighted by Crippen LogP contribution is -2.29. The zero-order chi connectivity index (χ0) is 23.0. The number of halogens is 6. The van der Waals surface area contributed by atoms with Crippen LogP contribution in [0, 0.1) is 6.92 Å². The first-order valence-electron chi connectivity index (χ1n) is 8.67. The Bertz CT molecular complexity index is 1080. The van der Waals surface area contributed by atoms with Gasteiger partial charge in [-0.3, -0.25) is 9.78 Å². The molecule has 0 bridgehead atoms. The van der Waals surface area contributed by atoms with Crippen LogP contribution in [0.1, 0.15) is 45.8 Å². The second-order valence-electron chi connectivity index (χ2n) is 6.56. The molecule has 2 aromatic heterocycles. The van der Waals surface area contributed by atoms with Gasteiger partial charge in [-0.05, 0) is 32.0 Å². The Morgan fingerprint density at radius 3 is 2.10 bits per heavy atom. The highest BCUT2D eigenvalue weighted by Crippen LogP contribution is 2.36. The Labute approximate surface area is 171 Å². The number of aromatic nitrogens is 5. The van der Waals surface area contributed by atoms with Gasteiger partial charge < -0.3 is 5.32 Å². The van der Waals surface area contributed by atoms with Crippen LogP contribution in [0.4, 0.5) is 26.3 Å². The molecule has 1 N–H and O–H groups in total. The maximum Gasteiger partial charge on any atom is 0.416 e. The number of nitrogens with zero attached hydrogens (tertiary/aromatic N) is 5. The zero-order valence-corrected chi connectivity index (χ0v) is 16.0. The molecular formula is C18H14F6N6O. The zero-order valence-electron chi connectivity index (χ0n) is 16.0. The van der Waals surface area contributed by atoms with Crippen molar-refractivity contribution in [1.29, 1.82) is 0 Å². The van der Waals surface area contributed by atoms with Gasteiger partial charge in [-0.25, -0.2) is 9.67 Å². The predicted molar refractivity (Wildman–Crippen MR) is 94.0 cm³/mol. The Hall–Kier alpha value is -3.51. The van der Waals surface area contributed by atoms with Crippen LogP contribution in [-0.4, -0.2) is 30.9 Å². The molecule has 0 radical (unpaired) electrons. The Morgan fingerprint density at radius 1 is 1.00 bits per heavy atom. The molecule has 0 aliphatic carbocycles. The van der Waals surface area contributed by atoms with Gasteiger partial charge in [-0.1, -0.05) is 5.21 Å². The Morgan fingerprint density at radius 2 is 1.58 bits per heavy atom. The molecule has 1 unspecified atom stereocenters. The van der Waals surface area contributed by atoms with Crippen molar-refractivity contribution >= 4 is 5.91 Å². The number of amides is 1. The van der Waals surface area contributed by atoms with E-state index in [4.69, 9.17) is 0 Å². The molecule has 3 aromatic rings. The molecule has 1 amide bonds. The number of hydrogen-bond acceptors (Lipinski definition) is 5. The monoisotopic (exact) mass is 444 g/mol. The lowest BCUT2D eigenvalue weighted by atomic mass is 10.0. The minimum Gasteiger partial charge on any atom is -0.344 e. The maximum absolute atomic E-state index is 13.0. The highest BCUT2D eigenvalue weighted by atomic mass is 19.4. The van der Waals surface area contributed by atoms with E-state index in [0.29, 0.717) is 17.8 Å². The molecule has 0 saturated carbocycles. The van der Waals surface area contributed by atoms with Gasteiger partial charge in [-0.15, -0.1) is 5.10 Å². The standard InChI is InChI=1S/C18H14F6N6O/c1-9-8-30(29-28-9)15-14(25-3-4-26-15)10(2)27-16(31)11-5-12(17(19,20)21)7-13(6-11)18(22,23)24/h3-8,10H,1-2H3,(H,27,31). The van der Waals surface area contributed by atoms with E-state index < -0.39 is 41.0 Å². The number of benzene rings is 1. The summed E-state index contributed by atoms with van der Waals surface area (Å²) < 4.78 is 79.5. The largest absolute Gasteiger partial charge is 0.416 e. The first-order chi connectivity index (χ1) is 14.4. The van der Waals surface area contributed by atoms with E-state index in [-0.39, 0.29) is 17.6 Å². The van der Waals surface area contributed by atoms with Crippen LogP contribution in [0.2, 0.25) is 0 Å². The van der Waals surface area contributed by atoms with Gasteiger partial charge in [0.15, 0.2) is 5.82 Å². The molecule has 1 aromatic carbocycles. The number of rotatable bonds is 4. The van der Waals surface area contributed by atoms with Crippen LogP contribution in [0.3, 0.4) is 0 Å². The molecule has 7 nitrogen and oxygen atoms in total. The van der Waals surface area contributed by atoms with Crippen LogP contribution in [0.25, 0.3) is 5.82 Å². The van der Waals surface area contributed by atoms with Crippen molar-refractivity contribution in [1.82, 2.24) is 30.3 Å². The number of hydrogen-bond donors (Lipinski definition) is 1. The molecule has 3 rings (SSSR count). The summed E-state index contributed by atoms with van der Waals surface area (Å²) in [5.74, 6) is -0.952. The molecule has 0 spiro atoms. The Balaban J connectivity index is 1.94. The third-order valence-electron chi connectivity index (χ3n) is 4.14. The number of carbonyl (C=O) groups is 1. The molecule has 0 aliphatic rings. The average molecular weight is 444 g/mol. The number of nitrogens with one attached hydrogen (secondary N) is 1. The van der Waals surface area contributed by atoms with Gasteiger partial charge >= 0.3 is 12.4 Å². The quantitative estimate of drug-likeness (QED) is 0.617. The minimum absolute atomic E-state index is 0.0476. The van der Waals surface area contributed by atoms with E-state index in [1.807, 2.05) is 0 Å². The Kier molecular flexibility index (Phi) is 5.70. The summed E-state index contributed by atoms with van der Waals surface area (Å²) >= 11 is 0. The molecule has 1 atom stereocenters. The van der Waals surface area contributed by atoms with Crippen LogP contribution in [-0.2, 0) is 12.4 Å². The van der Waals surface area contributed by atoms with Gasteiger partial charge in [0.25, 0.3) is 5.91 Å². The third-order valence-corrected chi connectivity index (χ3v) is 4.14. The van der Waals surface area contributed by atoms with Gasteiger partial charge in [0.2, 0.25) is 0 Å². The summed E-state index contributed by atoms with van der Waals surface area (Å²) in [5, 5.41) is 10.0. The lowest BCUT2D eigenvalue weighted by Gasteiger charge is -2.17. The van der Waals surface area contributed by atoms with Crippen LogP contribution in [0.15, 0.2) is 36.8 Å². The van der Waals surface area contributed by atoms with Crippen molar-refractivity contribution < 1.29 is 31.1 Å². The minimum atomic E-state index is -5.06. The molecule has 164 valence electrons. The highest BCUT2D eigenvalue weighted by molar-refractivity contribution is 5.95. The highest BCUT2D eigenvalue weighted by Gasteiger charge is 2.37. The third kappa shape index (κ3) is 4.98. The summed E-state index contributed by atoms with van der Waals surface area (Å²) in [4.78, 5) is 20.7. The smallest absolute Gasteiger partial charge is 0.344 e. The predicted octanol–water partition coefficient (Wildman–Crippen LogP) is 3.89. The molecule has 31 heavy (non-hydrogen) atoms. The van der Waals surface area contributed by atoms with E-state index >= 15 is 0 Å². The van der Waals surface area contributed by atoms with Gasteiger partial charge in [0.1, 0.15) is 5.69 Å². The van der Waals surface area contributed by atoms with Gasteiger partial charge in [0.05, 0.1) is 29.1 Å². The fraction of sp³-hybridized carbons (Fsp3) is 0.278. The molecule has 0 fully saturated rings. The lowest BCUT2D eigenvalue weighted by molar-refractivity contribution is -0.143. The van der Waals surface area contributed by atoms with Crippen LogP contribution < -0.4 is 5.32 Å². The van der Waals surface area contributed by atoms with Crippen molar-refractivity contribution in [3.05, 3.63) is 64.9 Å². The summed E-state index contributed by atoms with van der Waals surface area (Å²) in [6.07, 6.45) is -5.93. The normalized spacial score (nSPS) is 13.2. The number of alkyl halides is 6. The molecule has 0 saturated heterocycles. The topological polar surface area (TPSA) is 85.6 Å². The number of aryl methyl sites for hydroxylation is 1. The summed E-state index contributed by atoms with van der Waals surface area (Å²) in [7, 11) is 0. The van der Waals surface area contributed by atoms with E-state index in [1.165, 1.54) is 30.2 Å². The fourth-order valence-electron chi connectivity index (χ4n) is 2.71. The summed E-state index contributed by atoms with van der Waals surface area (Å²) in [6.45, 7) is 3.13. The van der Waals surface area contributed by atoms with Crippen molar-refractivity contribution in [2.45, 2.75) is 32.2 Å². The van der Waals surface area contributed by atoms with E-state index in [2.05, 4.69) is 25.6 Å². The van der Waals surface area contributed by atoms with Gasteiger partial charge in [-0.2, -0.15) is 26.3 Å². The summed E-state index contributed by atoms with van der Waals surface area (Å²) in [5.41, 5.74) is -3.21. The van der Waals surface area contributed by atoms with E-state index in [9.17, 15) is 31.1 Å². The molecule has 13 heteroatoms. The SMILES string of the molecule is Cc1cn(-c2nccnc2C(C)NC(=O)c2cc(C(F)(F)F)cc(C(F)(F)F)c2)nn1. The van der Waals surface area contributed by atoms with E-state index in [0.717, 1.165) is 0 Å². The van der Waals surface area contributed by atoms with Crippen LogP contribution >= 0.6 is 0 Å². The van der Waals surface area contributed by atoms with Gasteiger partial charge in [0, 0.05) is 18.0 Å². The fourth-order valence-corrected chi connectivity index (χ4v) is 2.71. The molecule has 2 heterocycles. The van der Waals surface area contributed by atoms with Crippen molar-refractivity contribution in [3.8, 4) is 5.82 Å². The second kappa shape index (κ2) is 7.96. The van der Waals surface area contributed by atoms with Crippen molar-refractivity contribution in [3.63, 3.8) is 0 Å². The molecular weight excluding hydrogens is 430 g/mol. The van der Waals surface area contributed by atoms with Crippen molar-refractivity contribution in [2.24, 2.45) is 0 Å². The first-order valence-corrected chi connectivity index (χ1v) is 8.67. The molecule has 0 aliphatic heterocycles. The summed E-state index contributed by atoms with van der Waals surface area (Å²) in [6, 6.07) is -0.260. The maximum atomic E-state index is 13.0.